The van der Waals surface area contributed by atoms with Gasteiger partial charge in [0.05, 0.1) is 0 Å². The normalized spacial score (nSPS) is 32.2. The first-order chi connectivity index (χ1) is 7.51. The summed E-state index contributed by atoms with van der Waals surface area (Å²) in [4.78, 5) is 9.93. The first-order valence-electron chi connectivity index (χ1n) is 5.38. The summed E-state index contributed by atoms with van der Waals surface area (Å²) in [6.45, 7) is 4.41. The van der Waals surface area contributed by atoms with E-state index in [0.717, 1.165) is 12.0 Å². The van der Waals surface area contributed by atoms with Gasteiger partial charge in [0.1, 0.15) is 5.75 Å². The number of fused-ring (bicyclic) bond motifs is 1. The minimum absolute atomic E-state index is 0.499. The third kappa shape index (κ3) is 1.58. The highest BCUT2D eigenvalue weighted by atomic mass is 31.2. The second kappa shape index (κ2) is 3.88. The summed E-state index contributed by atoms with van der Waals surface area (Å²) >= 11 is 0. The van der Waals surface area contributed by atoms with Gasteiger partial charge in [0.25, 0.3) is 0 Å². The van der Waals surface area contributed by atoms with Crippen molar-refractivity contribution < 1.29 is 14.0 Å². The minimum atomic E-state index is -3.69. The highest BCUT2D eigenvalue weighted by Gasteiger charge is 2.54. The van der Waals surface area contributed by atoms with Crippen LogP contribution in [0.25, 0.3) is 0 Å². The van der Waals surface area contributed by atoms with Crippen LogP contribution in [0, 0.1) is 0 Å². The fourth-order valence-electron chi connectivity index (χ4n) is 1.89. The van der Waals surface area contributed by atoms with Gasteiger partial charge in [0.2, 0.25) is 0 Å². The molecule has 0 bridgehead atoms. The molecular formula is C11H16NO3P. The molecule has 2 N–H and O–H groups in total. The van der Waals surface area contributed by atoms with Gasteiger partial charge in [-0.05, 0) is 26.0 Å². The van der Waals surface area contributed by atoms with Gasteiger partial charge in [-0.2, -0.15) is 0 Å². The van der Waals surface area contributed by atoms with Crippen molar-refractivity contribution in [1.29, 1.82) is 0 Å². The predicted molar refractivity (Wildman–Crippen MR) is 62.5 cm³/mol. The van der Waals surface area contributed by atoms with Crippen LogP contribution < -0.4 is 9.84 Å². The van der Waals surface area contributed by atoms with Crippen LogP contribution in [0.15, 0.2) is 24.3 Å². The Labute approximate surface area is 95.2 Å². The largest absolute Gasteiger partial charge is 0.423 e. The monoisotopic (exact) mass is 241 g/mol. The number of hydrogen-bond acceptors (Lipinski definition) is 3. The summed E-state index contributed by atoms with van der Waals surface area (Å²) in [5.74, 6) is 0.499. The molecule has 0 saturated heterocycles. The molecule has 1 aliphatic heterocycles. The van der Waals surface area contributed by atoms with E-state index in [-0.39, 0.29) is 0 Å². The molecule has 0 aliphatic carbocycles. The van der Waals surface area contributed by atoms with Gasteiger partial charge in [-0.15, -0.1) is 0 Å². The minimum Gasteiger partial charge on any atom is -0.423 e. The predicted octanol–water partition coefficient (Wildman–Crippen LogP) is 2.44. The Hall–Kier alpha value is -0.830. The summed E-state index contributed by atoms with van der Waals surface area (Å²) in [6, 6.07) is 7.19. The highest BCUT2D eigenvalue weighted by molar-refractivity contribution is 7.54. The van der Waals surface area contributed by atoms with E-state index in [1.165, 1.54) is 0 Å². The summed E-state index contributed by atoms with van der Waals surface area (Å²) in [6.07, 6.45) is 0.901. The van der Waals surface area contributed by atoms with Gasteiger partial charge in [-0.3, -0.25) is 5.32 Å². The zero-order chi connectivity index (χ0) is 11.8. The number of benzene rings is 1. The Morgan fingerprint density at radius 3 is 2.88 bits per heavy atom. The molecule has 16 heavy (non-hydrogen) atoms. The lowest BCUT2D eigenvalue weighted by molar-refractivity contribution is 0.343. The molecule has 1 heterocycles. The molecule has 0 radical (unpaired) electrons. The van der Waals surface area contributed by atoms with E-state index >= 15 is 0 Å². The van der Waals surface area contributed by atoms with Crippen molar-refractivity contribution in [2.75, 3.05) is 6.54 Å². The molecule has 2 unspecified atom stereocenters. The third-order valence-corrected chi connectivity index (χ3v) is 4.89. The van der Waals surface area contributed by atoms with Crippen LogP contribution in [0.2, 0.25) is 0 Å². The Morgan fingerprint density at radius 1 is 1.50 bits per heavy atom. The molecule has 2 rings (SSSR count). The maximum absolute atomic E-state index is 12.1. The van der Waals surface area contributed by atoms with E-state index in [1.54, 1.807) is 19.1 Å². The fraction of sp³-hybridized carbons (Fsp3) is 0.455. The third-order valence-electron chi connectivity index (χ3n) is 2.92. The summed E-state index contributed by atoms with van der Waals surface area (Å²) in [7, 11) is -3.69. The van der Waals surface area contributed by atoms with E-state index in [4.69, 9.17) is 4.52 Å². The zero-order valence-electron chi connectivity index (χ0n) is 9.43. The highest BCUT2D eigenvalue weighted by Crippen LogP contribution is 2.66. The van der Waals surface area contributed by atoms with Crippen LogP contribution in [0.1, 0.15) is 25.8 Å². The average molecular weight is 241 g/mol. The summed E-state index contributed by atoms with van der Waals surface area (Å²) < 4.78 is 17.3. The summed E-state index contributed by atoms with van der Waals surface area (Å²) in [5.41, 5.74) is 0.759. The Balaban J connectivity index is 2.45. The van der Waals surface area contributed by atoms with E-state index in [1.807, 2.05) is 19.1 Å². The molecular weight excluding hydrogens is 225 g/mol. The van der Waals surface area contributed by atoms with E-state index in [2.05, 4.69) is 5.32 Å². The van der Waals surface area contributed by atoms with Crippen LogP contribution in [0.3, 0.4) is 0 Å². The van der Waals surface area contributed by atoms with Gasteiger partial charge in [-0.25, -0.2) is 4.57 Å². The molecule has 0 spiro atoms. The van der Waals surface area contributed by atoms with Gasteiger partial charge in [0.15, 0.2) is 5.28 Å². The van der Waals surface area contributed by atoms with Gasteiger partial charge in [-0.1, -0.05) is 25.1 Å². The SMILES string of the molecule is CCCNC1(C)c2ccccc2OP1(=O)O. The topological polar surface area (TPSA) is 58.6 Å². The molecule has 0 amide bonds. The second-order valence-corrected chi connectivity index (χ2v) is 6.22. The number of rotatable bonds is 3. The molecule has 1 aromatic rings. The molecule has 1 aromatic carbocycles. The molecule has 5 heteroatoms. The van der Waals surface area contributed by atoms with Crippen LogP contribution in [0.5, 0.6) is 5.75 Å². The van der Waals surface area contributed by atoms with Crippen molar-refractivity contribution in [3.05, 3.63) is 29.8 Å². The van der Waals surface area contributed by atoms with Gasteiger partial charge < -0.3 is 9.42 Å². The van der Waals surface area contributed by atoms with E-state index in [9.17, 15) is 9.46 Å². The van der Waals surface area contributed by atoms with Crippen molar-refractivity contribution in [2.24, 2.45) is 0 Å². The smallest absolute Gasteiger partial charge is 0.400 e. The maximum atomic E-state index is 12.1. The van der Waals surface area contributed by atoms with Crippen molar-refractivity contribution in [3.63, 3.8) is 0 Å². The zero-order valence-corrected chi connectivity index (χ0v) is 10.3. The molecule has 0 saturated carbocycles. The standard InChI is InChI=1S/C11H16NO3P/c1-3-8-12-11(2)9-6-4-5-7-10(9)15-16(11,13)14/h4-7,12H,3,8H2,1-2H3,(H,13,14). The molecule has 0 fully saturated rings. The average Bonchev–Trinajstić information content (AvgIpc) is 2.45. The van der Waals surface area contributed by atoms with Crippen molar-refractivity contribution in [2.45, 2.75) is 25.5 Å². The van der Waals surface area contributed by atoms with Crippen molar-refractivity contribution in [1.82, 2.24) is 5.32 Å². The van der Waals surface area contributed by atoms with Crippen LogP contribution in [-0.4, -0.2) is 11.4 Å². The number of nitrogens with one attached hydrogen (secondary N) is 1. The molecule has 0 aromatic heterocycles. The van der Waals surface area contributed by atoms with Crippen LogP contribution >= 0.6 is 7.60 Å². The first kappa shape index (κ1) is 11.6. The molecule has 2 atom stereocenters. The lowest BCUT2D eigenvalue weighted by Crippen LogP contribution is -2.37. The van der Waals surface area contributed by atoms with Crippen LogP contribution in [0.4, 0.5) is 0 Å². The first-order valence-corrected chi connectivity index (χ1v) is 6.96. The number of hydrogen-bond donors (Lipinski definition) is 2. The summed E-state index contributed by atoms with van der Waals surface area (Å²) in [5, 5.41) is 2.13. The lowest BCUT2D eigenvalue weighted by atomic mass is 10.1. The van der Waals surface area contributed by atoms with Gasteiger partial charge in [0, 0.05) is 5.56 Å². The Kier molecular flexibility index (Phi) is 2.82. The van der Waals surface area contributed by atoms with Crippen molar-refractivity contribution in [3.8, 4) is 5.75 Å². The fourth-order valence-corrected chi connectivity index (χ4v) is 3.30. The van der Waals surface area contributed by atoms with Gasteiger partial charge >= 0.3 is 7.60 Å². The van der Waals surface area contributed by atoms with Crippen molar-refractivity contribution >= 4 is 7.60 Å². The van der Waals surface area contributed by atoms with Crippen LogP contribution in [-0.2, 0) is 9.85 Å². The Morgan fingerprint density at radius 2 is 2.19 bits per heavy atom. The quantitative estimate of drug-likeness (QED) is 0.798. The lowest BCUT2D eigenvalue weighted by Gasteiger charge is -2.26. The van der Waals surface area contributed by atoms with E-state index < -0.39 is 12.9 Å². The molecule has 88 valence electrons. The maximum Gasteiger partial charge on any atom is 0.400 e. The number of para-hydroxylation sites is 1. The molecule has 4 nitrogen and oxygen atoms in total. The van der Waals surface area contributed by atoms with E-state index in [0.29, 0.717) is 12.3 Å². The second-order valence-electron chi connectivity index (χ2n) is 4.11. The molecule has 1 aliphatic rings. The Bertz CT molecular complexity index is 449.